The summed E-state index contributed by atoms with van der Waals surface area (Å²) < 4.78 is 19.7. The standard InChI is InChI=1S/C16H12O.2C10H9NO.Al/c17-16-9-8-14-10-13(6-7-15(14)11-16)12-4-2-1-3-5-12;2*1-7-5-6-8-3-2-4-9(12)10(8)11-7;/h1-11,17H;2*2-6,12H,1H3;/q;;;+3/p-3. The Balaban J connectivity index is 1.25. The Bertz CT molecular complexity index is 1980. The molecule has 0 bridgehead atoms. The van der Waals surface area contributed by atoms with E-state index in [1.807, 2.05) is 92.7 Å². The zero-order valence-electron chi connectivity index (χ0n) is 23.3. The number of hydrogen-bond donors (Lipinski definition) is 0. The summed E-state index contributed by atoms with van der Waals surface area (Å²) in [5, 5.41) is 4.19. The number of para-hydroxylation sites is 2. The van der Waals surface area contributed by atoms with Crippen LogP contribution in [0.1, 0.15) is 11.4 Å². The maximum absolute atomic E-state index is 6.56. The van der Waals surface area contributed by atoms with E-state index in [2.05, 4.69) is 48.5 Å². The summed E-state index contributed by atoms with van der Waals surface area (Å²) in [5.41, 5.74) is 5.75. The van der Waals surface area contributed by atoms with Crippen LogP contribution in [0.5, 0.6) is 17.2 Å². The molecule has 0 saturated carbocycles. The van der Waals surface area contributed by atoms with E-state index in [-0.39, 0.29) is 0 Å². The van der Waals surface area contributed by atoms with Crippen LogP contribution in [-0.2, 0) is 0 Å². The Hall–Kier alpha value is -4.89. The van der Waals surface area contributed by atoms with Crippen LogP contribution in [-0.4, -0.2) is 25.1 Å². The molecular formula is C36H27AlN2O3. The minimum atomic E-state index is -2.88. The van der Waals surface area contributed by atoms with E-state index in [1.165, 1.54) is 11.1 Å². The lowest BCUT2D eigenvalue weighted by Gasteiger charge is -2.18. The third-order valence-electron chi connectivity index (χ3n) is 7.24. The number of nitrogens with zero attached hydrogens (tertiary/aromatic N) is 2. The van der Waals surface area contributed by atoms with Gasteiger partial charge in [-0.25, -0.2) is 9.97 Å². The molecule has 2 heterocycles. The molecule has 5 aromatic carbocycles. The van der Waals surface area contributed by atoms with Gasteiger partial charge in [-0.05, 0) is 78.2 Å². The maximum Gasteiger partial charge on any atom is 1.20 e. The van der Waals surface area contributed by atoms with Gasteiger partial charge in [0.1, 0.15) is 22.5 Å². The van der Waals surface area contributed by atoms with Crippen molar-refractivity contribution in [2.45, 2.75) is 13.8 Å². The van der Waals surface area contributed by atoms with Crippen LogP contribution in [0.25, 0.3) is 43.7 Å². The SMILES string of the molecule is Cc1ccc2cccc([O][Al]([O]c3ccc4cc(-c5ccccc5)ccc4c3)[O]c3cccc4ccc(C)nc34)c2n1. The van der Waals surface area contributed by atoms with Crippen molar-refractivity contribution in [3.63, 3.8) is 0 Å². The van der Waals surface area contributed by atoms with E-state index >= 15 is 0 Å². The van der Waals surface area contributed by atoms with Crippen molar-refractivity contribution in [1.29, 1.82) is 0 Å². The van der Waals surface area contributed by atoms with E-state index in [9.17, 15) is 0 Å². The number of fused-ring (bicyclic) bond motifs is 3. The molecule has 202 valence electrons. The molecule has 0 fully saturated rings. The Morgan fingerprint density at radius 2 is 1.02 bits per heavy atom. The van der Waals surface area contributed by atoms with Crippen molar-refractivity contribution in [1.82, 2.24) is 9.97 Å². The number of pyridine rings is 2. The topological polar surface area (TPSA) is 53.5 Å². The van der Waals surface area contributed by atoms with Crippen LogP contribution in [0.15, 0.2) is 127 Å². The summed E-state index contributed by atoms with van der Waals surface area (Å²) in [5.74, 6) is 1.94. The molecule has 2 aromatic heterocycles. The van der Waals surface area contributed by atoms with E-state index < -0.39 is 15.1 Å². The van der Waals surface area contributed by atoms with Gasteiger partial charge in [-0.15, -0.1) is 0 Å². The van der Waals surface area contributed by atoms with Crippen LogP contribution >= 0.6 is 0 Å². The average Bonchev–Trinajstić information content (AvgIpc) is 3.02. The van der Waals surface area contributed by atoms with Crippen LogP contribution in [0.4, 0.5) is 0 Å². The summed E-state index contributed by atoms with van der Waals surface area (Å²) in [4.78, 5) is 9.50. The third kappa shape index (κ3) is 5.38. The van der Waals surface area contributed by atoms with Gasteiger partial charge in [-0.1, -0.05) is 84.9 Å². The van der Waals surface area contributed by atoms with Gasteiger partial charge < -0.3 is 11.4 Å². The fourth-order valence-corrected chi connectivity index (χ4v) is 6.43. The Kier molecular flexibility index (Phi) is 6.93. The second-order valence-corrected chi connectivity index (χ2v) is 11.6. The number of aromatic nitrogens is 2. The van der Waals surface area contributed by atoms with Gasteiger partial charge in [0.05, 0.1) is 5.75 Å². The Morgan fingerprint density at radius 1 is 0.452 bits per heavy atom. The van der Waals surface area contributed by atoms with Gasteiger partial charge in [0, 0.05) is 22.2 Å². The van der Waals surface area contributed by atoms with E-state index in [0.717, 1.165) is 44.0 Å². The largest absolute Gasteiger partial charge is 1.20 e. The molecule has 7 rings (SSSR count). The second-order valence-electron chi connectivity index (χ2n) is 10.3. The van der Waals surface area contributed by atoms with Crippen LogP contribution in [0, 0.1) is 13.8 Å². The molecule has 0 atom stereocenters. The van der Waals surface area contributed by atoms with Crippen molar-refractivity contribution in [2.75, 3.05) is 0 Å². The molecular weight excluding hydrogens is 535 g/mol. The first-order valence-corrected chi connectivity index (χ1v) is 15.3. The first-order chi connectivity index (χ1) is 20.6. The highest BCUT2D eigenvalue weighted by molar-refractivity contribution is 6.40. The molecule has 0 amide bonds. The quantitative estimate of drug-likeness (QED) is 0.182. The molecule has 0 spiro atoms. The number of benzene rings is 5. The van der Waals surface area contributed by atoms with Crippen LogP contribution in [0.3, 0.4) is 0 Å². The number of aryl methyl sites for hydroxylation is 2. The van der Waals surface area contributed by atoms with Crippen LogP contribution < -0.4 is 11.4 Å². The van der Waals surface area contributed by atoms with E-state index in [0.29, 0.717) is 17.2 Å². The molecule has 42 heavy (non-hydrogen) atoms. The fourth-order valence-electron chi connectivity index (χ4n) is 5.12. The third-order valence-corrected chi connectivity index (χ3v) is 8.60. The predicted octanol–water partition coefficient (Wildman–Crippen LogP) is 8.74. The Morgan fingerprint density at radius 3 is 1.67 bits per heavy atom. The summed E-state index contributed by atoms with van der Waals surface area (Å²) >= 11 is -2.88. The molecule has 7 aromatic rings. The smallest absolute Gasteiger partial charge is 0.577 e. The van der Waals surface area contributed by atoms with E-state index in [1.54, 1.807) is 0 Å². The van der Waals surface area contributed by atoms with Crippen LogP contribution in [0.2, 0.25) is 0 Å². The molecule has 5 nitrogen and oxygen atoms in total. The Labute approximate surface area is 249 Å². The number of hydrogen-bond acceptors (Lipinski definition) is 5. The monoisotopic (exact) mass is 562 g/mol. The van der Waals surface area contributed by atoms with Gasteiger partial charge in [0.15, 0.2) is 0 Å². The highest BCUT2D eigenvalue weighted by atomic mass is 27.3. The fraction of sp³-hybridized carbons (Fsp3) is 0.0556. The molecule has 0 aliphatic carbocycles. The van der Waals surface area contributed by atoms with Gasteiger partial charge in [0.25, 0.3) is 0 Å². The van der Waals surface area contributed by atoms with Crippen molar-refractivity contribution in [2.24, 2.45) is 0 Å². The molecule has 0 radical (unpaired) electrons. The van der Waals surface area contributed by atoms with Gasteiger partial charge >= 0.3 is 15.1 Å². The van der Waals surface area contributed by atoms with E-state index in [4.69, 9.17) is 21.3 Å². The molecule has 0 unspecified atom stereocenters. The first kappa shape index (κ1) is 26.0. The molecule has 0 saturated heterocycles. The maximum atomic E-state index is 6.56. The summed E-state index contributed by atoms with van der Waals surface area (Å²) in [6.07, 6.45) is 0. The minimum absolute atomic E-state index is 0.630. The average molecular weight is 563 g/mol. The molecule has 0 aliphatic heterocycles. The van der Waals surface area contributed by atoms with Crippen molar-refractivity contribution < 1.29 is 11.4 Å². The van der Waals surface area contributed by atoms with Crippen molar-refractivity contribution in [3.8, 4) is 28.4 Å². The van der Waals surface area contributed by atoms with Gasteiger partial charge in [-0.2, -0.15) is 0 Å². The lowest BCUT2D eigenvalue weighted by molar-refractivity contribution is 0.310. The van der Waals surface area contributed by atoms with Crippen molar-refractivity contribution in [3.05, 3.63) is 139 Å². The molecule has 0 N–H and O–H groups in total. The first-order valence-electron chi connectivity index (χ1n) is 13.9. The summed E-state index contributed by atoms with van der Waals surface area (Å²) in [6, 6.07) is 42.8. The zero-order valence-corrected chi connectivity index (χ0v) is 24.5. The highest BCUT2D eigenvalue weighted by Crippen LogP contribution is 2.30. The van der Waals surface area contributed by atoms with Gasteiger partial charge in [-0.3, -0.25) is 0 Å². The molecule has 6 heteroatoms. The molecule has 0 aliphatic rings. The zero-order chi connectivity index (χ0) is 28.5. The normalized spacial score (nSPS) is 11.1. The summed E-state index contributed by atoms with van der Waals surface area (Å²) in [7, 11) is 0. The lowest BCUT2D eigenvalue weighted by atomic mass is 10.0. The highest BCUT2D eigenvalue weighted by Gasteiger charge is 2.45. The predicted molar refractivity (Wildman–Crippen MR) is 170 cm³/mol. The van der Waals surface area contributed by atoms with Crippen molar-refractivity contribution >= 4 is 47.7 Å². The minimum Gasteiger partial charge on any atom is -0.577 e. The van der Waals surface area contributed by atoms with Gasteiger partial charge in [0.2, 0.25) is 0 Å². The lowest BCUT2D eigenvalue weighted by Crippen LogP contribution is -2.37. The number of rotatable bonds is 7. The summed E-state index contributed by atoms with van der Waals surface area (Å²) in [6.45, 7) is 3.95. The second kappa shape index (κ2) is 11.2.